The van der Waals surface area contributed by atoms with Gasteiger partial charge in [-0.2, -0.15) is 10.1 Å². The number of aromatic nitrogens is 3. The fourth-order valence-corrected chi connectivity index (χ4v) is 2.10. The van der Waals surface area contributed by atoms with Crippen LogP contribution in [0.3, 0.4) is 0 Å². The molecule has 1 aromatic heterocycles. The maximum Gasteiger partial charge on any atom is 0.249 e. The molecule has 2 N–H and O–H groups in total. The number of benzene rings is 2. The molecule has 0 bridgehead atoms. The largest absolute Gasteiger partial charge is 0.339 e. The first-order valence-electron chi connectivity index (χ1n) is 7.17. The van der Waals surface area contributed by atoms with Gasteiger partial charge in [0.15, 0.2) is 5.82 Å². The smallest absolute Gasteiger partial charge is 0.249 e. The predicted octanol–water partition coefficient (Wildman–Crippen LogP) is 4.11. The average Bonchev–Trinajstić information content (AvgIpc) is 2.54. The van der Waals surface area contributed by atoms with Crippen molar-refractivity contribution in [1.29, 1.82) is 0 Å². The van der Waals surface area contributed by atoms with E-state index in [4.69, 9.17) is 0 Å². The van der Waals surface area contributed by atoms with Gasteiger partial charge < -0.3 is 10.6 Å². The molecule has 1 heterocycles. The first-order valence-corrected chi connectivity index (χ1v) is 7.17. The van der Waals surface area contributed by atoms with E-state index in [9.17, 15) is 4.39 Å². The van der Waals surface area contributed by atoms with E-state index < -0.39 is 0 Å². The van der Waals surface area contributed by atoms with Crippen molar-refractivity contribution in [1.82, 2.24) is 15.2 Å². The highest BCUT2D eigenvalue weighted by molar-refractivity contribution is 5.61. The Balaban J connectivity index is 1.79. The molecule has 0 radical (unpaired) electrons. The molecular weight excluding hydrogens is 293 g/mol. The van der Waals surface area contributed by atoms with Gasteiger partial charge in [-0.25, -0.2) is 4.39 Å². The molecule has 0 atom stereocenters. The molecule has 0 fully saturated rings. The van der Waals surface area contributed by atoms with Crippen LogP contribution in [0.2, 0.25) is 0 Å². The molecule has 3 rings (SSSR count). The van der Waals surface area contributed by atoms with E-state index in [-0.39, 0.29) is 5.82 Å². The van der Waals surface area contributed by atoms with E-state index in [2.05, 4.69) is 25.8 Å². The minimum Gasteiger partial charge on any atom is -0.339 e. The number of anilines is 4. The van der Waals surface area contributed by atoms with E-state index in [0.29, 0.717) is 11.8 Å². The molecule has 3 aromatic rings. The number of rotatable bonds is 4. The average molecular weight is 309 g/mol. The van der Waals surface area contributed by atoms with Crippen LogP contribution in [0.5, 0.6) is 0 Å². The minimum atomic E-state index is -0.284. The topological polar surface area (TPSA) is 62.7 Å². The van der Waals surface area contributed by atoms with Gasteiger partial charge in [0, 0.05) is 11.4 Å². The molecule has 0 unspecified atom stereocenters. The van der Waals surface area contributed by atoms with Crippen LogP contribution in [0.4, 0.5) is 27.5 Å². The Morgan fingerprint density at radius 1 is 0.957 bits per heavy atom. The zero-order valence-corrected chi connectivity index (χ0v) is 12.8. The third kappa shape index (κ3) is 3.60. The van der Waals surface area contributed by atoms with Gasteiger partial charge in [0.1, 0.15) is 5.82 Å². The van der Waals surface area contributed by atoms with Crippen molar-refractivity contribution in [3.63, 3.8) is 0 Å². The van der Waals surface area contributed by atoms with Crippen LogP contribution in [-0.4, -0.2) is 15.2 Å². The summed E-state index contributed by atoms with van der Waals surface area (Å²) < 4.78 is 12.9. The summed E-state index contributed by atoms with van der Waals surface area (Å²) in [4.78, 5) is 4.37. The lowest BCUT2D eigenvalue weighted by atomic mass is 10.1. The van der Waals surface area contributed by atoms with E-state index in [1.807, 2.05) is 32.0 Å². The van der Waals surface area contributed by atoms with E-state index in [0.717, 1.165) is 16.9 Å². The van der Waals surface area contributed by atoms with Crippen LogP contribution in [0, 0.1) is 19.7 Å². The molecule has 0 amide bonds. The Morgan fingerprint density at radius 3 is 2.52 bits per heavy atom. The van der Waals surface area contributed by atoms with Gasteiger partial charge in [0.2, 0.25) is 5.95 Å². The Hall–Kier alpha value is -3.02. The lowest BCUT2D eigenvalue weighted by Crippen LogP contribution is -2.03. The fourth-order valence-electron chi connectivity index (χ4n) is 2.10. The summed E-state index contributed by atoms with van der Waals surface area (Å²) in [7, 11) is 0. The predicted molar refractivity (Wildman–Crippen MR) is 88.7 cm³/mol. The van der Waals surface area contributed by atoms with Crippen molar-refractivity contribution in [2.45, 2.75) is 13.8 Å². The molecule has 116 valence electrons. The van der Waals surface area contributed by atoms with Crippen LogP contribution >= 0.6 is 0 Å². The maximum atomic E-state index is 12.9. The Bertz CT molecular complexity index is 817. The summed E-state index contributed by atoms with van der Waals surface area (Å²) in [6, 6.07) is 12.0. The highest BCUT2D eigenvalue weighted by Gasteiger charge is 2.05. The molecule has 6 heteroatoms. The monoisotopic (exact) mass is 309 g/mol. The molecule has 5 nitrogen and oxygen atoms in total. The highest BCUT2D eigenvalue weighted by atomic mass is 19.1. The normalized spacial score (nSPS) is 10.4. The lowest BCUT2D eigenvalue weighted by Gasteiger charge is -2.11. The number of nitrogens with zero attached hydrogens (tertiary/aromatic N) is 3. The molecule has 0 saturated heterocycles. The number of hydrogen-bond acceptors (Lipinski definition) is 5. The summed E-state index contributed by atoms with van der Waals surface area (Å²) in [5.41, 5.74) is 3.98. The van der Waals surface area contributed by atoms with E-state index in [1.54, 1.807) is 12.1 Å². The van der Waals surface area contributed by atoms with Gasteiger partial charge in [0.25, 0.3) is 0 Å². The number of aryl methyl sites for hydroxylation is 1. The van der Waals surface area contributed by atoms with Crippen LogP contribution < -0.4 is 10.6 Å². The second kappa shape index (κ2) is 6.39. The van der Waals surface area contributed by atoms with Crippen LogP contribution in [-0.2, 0) is 0 Å². The zero-order chi connectivity index (χ0) is 16.2. The summed E-state index contributed by atoms with van der Waals surface area (Å²) in [5.74, 6) is 0.638. The van der Waals surface area contributed by atoms with Gasteiger partial charge in [-0.15, -0.1) is 5.10 Å². The summed E-state index contributed by atoms with van der Waals surface area (Å²) in [6.07, 6.45) is 1.51. The molecule has 0 spiro atoms. The SMILES string of the molecule is Cc1cccc(Nc2nncc(Nc3ccc(F)cc3)n2)c1C. The lowest BCUT2D eigenvalue weighted by molar-refractivity contribution is 0.628. The van der Waals surface area contributed by atoms with Gasteiger partial charge >= 0.3 is 0 Å². The van der Waals surface area contributed by atoms with E-state index >= 15 is 0 Å². The number of halogens is 1. The van der Waals surface area contributed by atoms with Crippen molar-refractivity contribution in [2.24, 2.45) is 0 Å². The summed E-state index contributed by atoms with van der Waals surface area (Å²) in [5, 5.41) is 14.2. The van der Waals surface area contributed by atoms with Crippen molar-refractivity contribution in [3.05, 3.63) is 65.6 Å². The first kappa shape index (κ1) is 14.9. The van der Waals surface area contributed by atoms with Crippen LogP contribution in [0.15, 0.2) is 48.7 Å². The van der Waals surface area contributed by atoms with E-state index in [1.165, 1.54) is 23.9 Å². The molecule has 23 heavy (non-hydrogen) atoms. The molecular formula is C17H16FN5. The third-order valence-electron chi connectivity index (χ3n) is 3.53. The zero-order valence-electron chi connectivity index (χ0n) is 12.8. The highest BCUT2D eigenvalue weighted by Crippen LogP contribution is 2.21. The Kier molecular flexibility index (Phi) is 4.14. The maximum absolute atomic E-state index is 12.9. The second-order valence-corrected chi connectivity index (χ2v) is 5.17. The van der Waals surface area contributed by atoms with Gasteiger partial charge in [0.05, 0.1) is 6.20 Å². The fraction of sp³-hybridized carbons (Fsp3) is 0.118. The van der Waals surface area contributed by atoms with Crippen molar-refractivity contribution < 1.29 is 4.39 Å². The minimum absolute atomic E-state index is 0.284. The standard InChI is InChI=1S/C17H16FN5/c1-11-4-3-5-15(12(11)2)21-17-22-16(10-19-23-17)20-14-8-6-13(18)7-9-14/h3-10H,1-2H3,(H2,20,21,22,23). The van der Waals surface area contributed by atoms with Crippen molar-refractivity contribution in [2.75, 3.05) is 10.6 Å². The molecule has 0 aliphatic rings. The van der Waals surface area contributed by atoms with Crippen molar-refractivity contribution >= 4 is 23.1 Å². The van der Waals surface area contributed by atoms with Gasteiger partial charge in [-0.3, -0.25) is 0 Å². The third-order valence-corrected chi connectivity index (χ3v) is 3.53. The molecule has 0 aliphatic heterocycles. The second-order valence-electron chi connectivity index (χ2n) is 5.17. The van der Waals surface area contributed by atoms with Crippen molar-refractivity contribution in [3.8, 4) is 0 Å². The van der Waals surface area contributed by atoms with Gasteiger partial charge in [-0.05, 0) is 55.3 Å². The summed E-state index contributed by atoms with van der Waals surface area (Å²) in [6.45, 7) is 4.08. The number of hydrogen-bond donors (Lipinski definition) is 2. The first-order chi connectivity index (χ1) is 11.1. The summed E-state index contributed by atoms with van der Waals surface area (Å²) >= 11 is 0. The molecule has 0 aliphatic carbocycles. The quantitative estimate of drug-likeness (QED) is 0.759. The molecule has 0 saturated carbocycles. The Labute approximate surface area is 133 Å². The van der Waals surface area contributed by atoms with Gasteiger partial charge in [-0.1, -0.05) is 12.1 Å². The Morgan fingerprint density at radius 2 is 1.74 bits per heavy atom. The van der Waals surface area contributed by atoms with Crippen LogP contribution in [0.1, 0.15) is 11.1 Å². The number of nitrogens with one attached hydrogen (secondary N) is 2. The van der Waals surface area contributed by atoms with Crippen LogP contribution in [0.25, 0.3) is 0 Å². The molecule has 2 aromatic carbocycles.